The highest BCUT2D eigenvalue weighted by atomic mass is 16.5. The maximum Gasteiger partial charge on any atom is 0.166 e. The second-order valence-corrected chi connectivity index (χ2v) is 5.24. The zero-order chi connectivity index (χ0) is 14.4. The van der Waals surface area contributed by atoms with Crippen LogP contribution in [0, 0.1) is 5.92 Å². The van der Waals surface area contributed by atoms with Gasteiger partial charge in [0.1, 0.15) is 11.5 Å². The molecule has 0 spiro atoms. The van der Waals surface area contributed by atoms with E-state index in [0.29, 0.717) is 29.4 Å². The van der Waals surface area contributed by atoms with E-state index in [1.807, 2.05) is 0 Å². The zero-order valence-corrected chi connectivity index (χ0v) is 12.3. The van der Waals surface area contributed by atoms with Gasteiger partial charge in [0, 0.05) is 6.42 Å². The first-order valence-electron chi connectivity index (χ1n) is 7.20. The van der Waals surface area contributed by atoms with Crippen LogP contribution in [-0.4, -0.2) is 33.1 Å². The number of benzene rings is 1. The minimum atomic E-state index is 0.131. The second-order valence-electron chi connectivity index (χ2n) is 5.24. The van der Waals surface area contributed by atoms with Crippen molar-refractivity contribution < 1.29 is 14.3 Å². The summed E-state index contributed by atoms with van der Waals surface area (Å²) in [6, 6.07) is 5.36. The molecule has 1 aliphatic heterocycles. The number of nitrogens with one attached hydrogen (secondary N) is 1. The predicted molar refractivity (Wildman–Crippen MR) is 78.7 cm³/mol. The fourth-order valence-electron chi connectivity index (χ4n) is 2.67. The topological polar surface area (TPSA) is 47.6 Å². The molecule has 0 amide bonds. The van der Waals surface area contributed by atoms with Gasteiger partial charge in [0.05, 0.1) is 19.8 Å². The van der Waals surface area contributed by atoms with Gasteiger partial charge in [-0.2, -0.15) is 0 Å². The highest BCUT2D eigenvalue weighted by Gasteiger charge is 2.18. The van der Waals surface area contributed by atoms with E-state index in [-0.39, 0.29) is 5.78 Å². The quantitative estimate of drug-likeness (QED) is 0.812. The van der Waals surface area contributed by atoms with Crippen molar-refractivity contribution in [3.63, 3.8) is 0 Å². The van der Waals surface area contributed by atoms with Gasteiger partial charge in [0.15, 0.2) is 5.78 Å². The van der Waals surface area contributed by atoms with Gasteiger partial charge < -0.3 is 14.8 Å². The van der Waals surface area contributed by atoms with Gasteiger partial charge in [-0.25, -0.2) is 0 Å². The number of Topliss-reactive ketones (excluding diaryl/α,β-unsaturated/α-hetero) is 1. The van der Waals surface area contributed by atoms with Crippen LogP contribution in [-0.2, 0) is 0 Å². The largest absolute Gasteiger partial charge is 0.497 e. The minimum absolute atomic E-state index is 0.131. The number of methoxy groups -OCH3 is 2. The van der Waals surface area contributed by atoms with Crippen LogP contribution >= 0.6 is 0 Å². The van der Waals surface area contributed by atoms with Crippen molar-refractivity contribution in [2.75, 3.05) is 27.3 Å². The molecular weight excluding hydrogens is 254 g/mol. The van der Waals surface area contributed by atoms with Crippen LogP contribution in [0.1, 0.15) is 36.0 Å². The summed E-state index contributed by atoms with van der Waals surface area (Å²) >= 11 is 0. The summed E-state index contributed by atoms with van der Waals surface area (Å²) in [6.45, 7) is 2.14. The molecule has 110 valence electrons. The van der Waals surface area contributed by atoms with Gasteiger partial charge in [-0.05, 0) is 56.5 Å². The number of hydrogen-bond acceptors (Lipinski definition) is 4. The fraction of sp³-hybridized carbons (Fsp3) is 0.562. The Labute approximate surface area is 120 Å². The molecule has 4 nitrogen and oxygen atoms in total. The Morgan fingerprint density at radius 2 is 2.20 bits per heavy atom. The van der Waals surface area contributed by atoms with Crippen LogP contribution in [0.15, 0.2) is 18.2 Å². The van der Waals surface area contributed by atoms with Crippen LogP contribution in [0.3, 0.4) is 0 Å². The summed E-state index contributed by atoms with van der Waals surface area (Å²) in [5.41, 5.74) is 0.621. The van der Waals surface area contributed by atoms with Crippen LogP contribution in [0.25, 0.3) is 0 Å². The summed E-state index contributed by atoms with van der Waals surface area (Å²) in [5.74, 6) is 2.06. The van der Waals surface area contributed by atoms with Crippen LogP contribution in [0.5, 0.6) is 11.5 Å². The predicted octanol–water partition coefficient (Wildman–Crippen LogP) is 2.67. The lowest BCUT2D eigenvalue weighted by Crippen LogP contribution is -2.30. The first-order chi connectivity index (χ1) is 9.74. The standard InChI is InChI=1S/C16H23NO3/c1-19-13-6-8-16(20-2)14(10-13)15(18)7-5-12-4-3-9-17-11-12/h6,8,10,12,17H,3-5,7,9,11H2,1-2H3. The van der Waals surface area contributed by atoms with E-state index in [4.69, 9.17) is 9.47 Å². The molecule has 1 N–H and O–H groups in total. The van der Waals surface area contributed by atoms with Gasteiger partial charge in [-0.15, -0.1) is 0 Å². The third-order valence-electron chi connectivity index (χ3n) is 3.89. The molecule has 1 aromatic carbocycles. The highest BCUT2D eigenvalue weighted by Crippen LogP contribution is 2.26. The Bertz CT molecular complexity index is 453. The SMILES string of the molecule is COc1ccc(OC)c(C(=O)CCC2CCCNC2)c1. The number of rotatable bonds is 6. The summed E-state index contributed by atoms with van der Waals surface area (Å²) in [4.78, 5) is 12.4. The lowest BCUT2D eigenvalue weighted by molar-refractivity contribution is 0.0968. The molecule has 0 radical (unpaired) electrons. The fourth-order valence-corrected chi connectivity index (χ4v) is 2.67. The van der Waals surface area contributed by atoms with Crippen molar-refractivity contribution in [3.8, 4) is 11.5 Å². The lowest BCUT2D eigenvalue weighted by Gasteiger charge is -2.22. The van der Waals surface area contributed by atoms with Crippen molar-refractivity contribution in [1.82, 2.24) is 5.32 Å². The van der Waals surface area contributed by atoms with E-state index in [2.05, 4.69) is 5.32 Å². The zero-order valence-electron chi connectivity index (χ0n) is 12.3. The second kappa shape index (κ2) is 7.29. The molecule has 1 aliphatic rings. The number of carbonyl (C=O) groups excluding carboxylic acids is 1. The molecular formula is C16H23NO3. The van der Waals surface area contributed by atoms with Crippen molar-refractivity contribution in [3.05, 3.63) is 23.8 Å². The molecule has 0 saturated carbocycles. The molecule has 0 bridgehead atoms. The summed E-state index contributed by atoms with van der Waals surface area (Å²) in [6.07, 6.45) is 3.93. The number of carbonyl (C=O) groups is 1. The number of ether oxygens (including phenoxy) is 2. The molecule has 1 heterocycles. The van der Waals surface area contributed by atoms with Crippen molar-refractivity contribution in [1.29, 1.82) is 0 Å². The summed E-state index contributed by atoms with van der Waals surface area (Å²) < 4.78 is 10.5. The van der Waals surface area contributed by atoms with Gasteiger partial charge in [0.25, 0.3) is 0 Å². The molecule has 1 fully saturated rings. The Morgan fingerprint density at radius 3 is 2.85 bits per heavy atom. The molecule has 1 unspecified atom stereocenters. The normalized spacial score (nSPS) is 18.6. The third kappa shape index (κ3) is 3.73. The van der Waals surface area contributed by atoms with E-state index in [1.54, 1.807) is 32.4 Å². The average Bonchev–Trinajstić information content (AvgIpc) is 2.52. The van der Waals surface area contributed by atoms with E-state index < -0.39 is 0 Å². The highest BCUT2D eigenvalue weighted by molar-refractivity contribution is 5.99. The van der Waals surface area contributed by atoms with Crippen LogP contribution < -0.4 is 14.8 Å². The van der Waals surface area contributed by atoms with Crippen molar-refractivity contribution in [2.45, 2.75) is 25.7 Å². The first-order valence-corrected chi connectivity index (χ1v) is 7.20. The average molecular weight is 277 g/mol. The lowest BCUT2D eigenvalue weighted by atomic mass is 9.92. The van der Waals surface area contributed by atoms with Gasteiger partial charge in [-0.1, -0.05) is 0 Å². The molecule has 0 aliphatic carbocycles. The molecule has 2 rings (SSSR count). The Balaban J connectivity index is 2.00. The summed E-state index contributed by atoms with van der Waals surface area (Å²) in [5, 5.41) is 3.38. The molecule has 4 heteroatoms. The van der Waals surface area contributed by atoms with Crippen LogP contribution in [0.2, 0.25) is 0 Å². The Hall–Kier alpha value is -1.55. The van der Waals surface area contributed by atoms with Crippen molar-refractivity contribution in [2.24, 2.45) is 5.92 Å². The van der Waals surface area contributed by atoms with E-state index in [1.165, 1.54) is 12.8 Å². The number of ketones is 1. The van der Waals surface area contributed by atoms with Crippen molar-refractivity contribution >= 4 is 5.78 Å². The Kier molecular flexibility index (Phi) is 5.41. The third-order valence-corrected chi connectivity index (χ3v) is 3.89. The van der Waals surface area contributed by atoms with Gasteiger partial charge >= 0.3 is 0 Å². The van der Waals surface area contributed by atoms with E-state index >= 15 is 0 Å². The van der Waals surface area contributed by atoms with E-state index in [9.17, 15) is 4.79 Å². The smallest absolute Gasteiger partial charge is 0.166 e. The number of piperidine rings is 1. The van der Waals surface area contributed by atoms with Gasteiger partial charge in [-0.3, -0.25) is 4.79 Å². The molecule has 1 atom stereocenters. The maximum absolute atomic E-state index is 12.4. The molecule has 1 saturated heterocycles. The van der Waals surface area contributed by atoms with E-state index in [0.717, 1.165) is 19.5 Å². The molecule has 0 aromatic heterocycles. The number of hydrogen-bond donors (Lipinski definition) is 1. The maximum atomic E-state index is 12.4. The minimum Gasteiger partial charge on any atom is -0.497 e. The first kappa shape index (κ1) is 14.9. The molecule has 20 heavy (non-hydrogen) atoms. The monoisotopic (exact) mass is 277 g/mol. The van der Waals surface area contributed by atoms with Gasteiger partial charge in [0.2, 0.25) is 0 Å². The molecule has 1 aromatic rings. The van der Waals surface area contributed by atoms with Crippen LogP contribution in [0.4, 0.5) is 0 Å². The summed E-state index contributed by atoms with van der Waals surface area (Å²) in [7, 11) is 3.19. The Morgan fingerprint density at radius 1 is 1.35 bits per heavy atom.